The molecule has 4 amide bonds. The smallest absolute Gasteiger partial charge is 0.242 e. The van der Waals surface area contributed by atoms with Gasteiger partial charge in [-0.1, -0.05) is 13.8 Å². The van der Waals surface area contributed by atoms with Crippen molar-refractivity contribution >= 4 is 58.7 Å². The van der Waals surface area contributed by atoms with Crippen LogP contribution in [0.15, 0.2) is 0 Å². The number of Topliss-reactive ketones (excluding diaryl/α,β-unsaturated/α-hetero) is 2. The van der Waals surface area contributed by atoms with Gasteiger partial charge < -0.3 is 0 Å². The lowest BCUT2D eigenvalue weighted by atomic mass is 9.86. The van der Waals surface area contributed by atoms with Gasteiger partial charge in [-0.3, -0.25) is 38.6 Å². The van der Waals surface area contributed by atoms with Crippen LogP contribution in [0.2, 0.25) is 0 Å². The second-order valence-electron chi connectivity index (χ2n) is 7.63. The minimum absolute atomic E-state index is 0.00979. The first kappa shape index (κ1) is 24.6. The number of amides is 4. The lowest BCUT2D eigenvalue weighted by Gasteiger charge is -2.21. The Hall–Kier alpha value is -1.68. The number of hydrogen-bond acceptors (Lipinski definition) is 8. The molecule has 8 nitrogen and oxygen atoms in total. The zero-order valence-corrected chi connectivity index (χ0v) is 19.3. The van der Waals surface area contributed by atoms with E-state index in [1.165, 1.54) is 23.5 Å². The fraction of sp³-hybridized carbons (Fsp3) is 0.700. The van der Waals surface area contributed by atoms with Gasteiger partial charge >= 0.3 is 0 Å². The van der Waals surface area contributed by atoms with E-state index in [9.17, 15) is 28.8 Å². The standard InChI is InChI=1S/C20H28N2O6S2/c1-11(13(23)5-7-21-17(25)9-15(29-3)19(21)27)12(2)14(24)6-8-22-18(26)10-16(30-4)20(22)28/h11-12,15-16H,5-10H2,1-4H3/t11-,12?,15?,16?/m1/s1. The molecular formula is C20H28N2O6S2. The number of imide groups is 2. The Morgan fingerprint density at radius 3 is 1.40 bits per heavy atom. The number of ketones is 2. The van der Waals surface area contributed by atoms with Crippen LogP contribution < -0.4 is 0 Å². The molecule has 2 saturated heterocycles. The number of hydrogen-bond donors (Lipinski definition) is 0. The summed E-state index contributed by atoms with van der Waals surface area (Å²) in [6.45, 7) is 3.37. The van der Waals surface area contributed by atoms with Crippen molar-refractivity contribution in [1.82, 2.24) is 9.80 Å². The van der Waals surface area contributed by atoms with Crippen molar-refractivity contribution in [3.63, 3.8) is 0 Å². The van der Waals surface area contributed by atoms with Crippen LogP contribution in [0.1, 0.15) is 39.5 Å². The molecule has 0 radical (unpaired) electrons. The normalized spacial score (nSPS) is 24.0. The molecule has 30 heavy (non-hydrogen) atoms. The highest BCUT2D eigenvalue weighted by molar-refractivity contribution is 8.00. The third-order valence-electron chi connectivity index (χ3n) is 5.90. The van der Waals surface area contributed by atoms with Gasteiger partial charge in [-0.15, -0.1) is 0 Å². The maximum absolute atomic E-state index is 12.5. The third-order valence-corrected chi connectivity index (χ3v) is 7.78. The minimum Gasteiger partial charge on any atom is -0.299 e. The van der Waals surface area contributed by atoms with E-state index in [1.54, 1.807) is 26.4 Å². The quantitative estimate of drug-likeness (QED) is 0.426. The molecule has 4 atom stereocenters. The molecule has 0 bridgehead atoms. The van der Waals surface area contributed by atoms with Gasteiger partial charge in [0.05, 0.1) is 10.5 Å². The molecular weight excluding hydrogens is 428 g/mol. The molecule has 3 unspecified atom stereocenters. The number of carbonyl (C=O) groups excluding carboxylic acids is 6. The van der Waals surface area contributed by atoms with Gasteiger partial charge in [0.1, 0.15) is 11.6 Å². The van der Waals surface area contributed by atoms with E-state index < -0.39 is 11.8 Å². The monoisotopic (exact) mass is 456 g/mol. The average Bonchev–Trinajstić information content (AvgIpc) is 3.16. The van der Waals surface area contributed by atoms with Crippen LogP contribution in [0.5, 0.6) is 0 Å². The van der Waals surface area contributed by atoms with Gasteiger partial charge in [0, 0.05) is 50.6 Å². The van der Waals surface area contributed by atoms with E-state index in [1.807, 2.05) is 0 Å². The summed E-state index contributed by atoms with van der Waals surface area (Å²) in [5.74, 6) is -2.61. The third kappa shape index (κ3) is 5.32. The summed E-state index contributed by atoms with van der Waals surface area (Å²) in [5, 5.41) is -0.764. The largest absolute Gasteiger partial charge is 0.299 e. The van der Waals surface area contributed by atoms with Gasteiger partial charge in [0.15, 0.2) is 0 Å². The second-order valence-corrected chi connectivity index (χ2v) is 9.72. The molecule has 0 aromatic rings. The van der Waals surface area contributed by atoms with Crippen LogP contribution in [-0.2, 0) is 28.8 Å². The Bertz CT molecular complexity index is 694. The van der Waals surface area contributed by atoms with Crippen molar-refractivity contribution in [1.29, 1.82) is 0 Å². The van der Waals surface area contributed by atoms with Crippen molar-refractivity contribution in [3.8, 4) is 0 Å². The molecule has 2 rings (SSSR count). The Kier molecular flexibility index (Phi) is 8.66. The first-order valence-electron chi connectivity index (χ1n) is 9.91. The zero-order valence-electron chi connectivity index (χ0n) is 17.7. The van der Waals surface area contributed by atoms with E-state index in [0.717, 1.165) is 9.80 Å². The van der Waals surface area contributed by atoms with Gasteiger partial charge in [-0.25, -0.2) is 0 Å². The summed E-state index contributed by atoms with van der Waals surface area (Å²) in [6.07, 6.45) is 3.87. The van der Waals surface area contributed by atoms with Gasteiger partial charge in [0.2, 0.25) is 23.6 Å². The highest BCUT2D eigenvalue weighted by Crippen LogP contribution is 2.25. The van der Waals surface area contributed by atoms with Crippen LogP contribution in [0, 0.1) is 11.8 Å². The first-order chi connectivity index (χ1) is 14.1. The Morgan fingerprint density at radius 2 is 1.13 bits per heavy atom. The fourth-order valence-electron chi connectivity index (χ4n) is 3.60. The number of carbonyl (C=O) groups is 6. The van der Waals surface area contributed by atoms with E-state index in [4.69, 9.17) is 0 Å². The number of thioether (sulfide) groups is 2. The number of likely N-dealkylation sites (tertiary alicyclic amines) is 2. The molecule has 0 aromatic heterocycles. The zero-order chi connectivity index (χ0) is 22.6. The molecule has 0 N–H and O–H groups in total. The number of nitrogens with zero attached hydrogens (tertiary/aromatic N) is 2. The summed E-state index contributed by atoms with van der Waals surface area (Å²) in [7, 11) is 0. The summed E-state index contributed by atoms with van der Waals surface area (Å²) in [5.41, 5.74) is 0. The summed E-state index contributed by atoms with van der Waals surface area (Å²) >= 11 is 2.64. The molecule has 0 aliphatic carbocycles. The summed E-state index contributed by atoms with van der Waals surface area (Å²) < 4.78 is 0. The van der Waals surface area contributed by atoms with Gasteiger partial charge in [0.25, 0.3) is 0 Å². The predicted octanol–water partition coefficient (Wildman–Crippen LogP) is 1.16. The highest BCUT2D eigenvalue weighted by atomic mass is 32.2. The summed E-state index contributed by atoms with van der Waals surface area (Å²) in [4.78, 5) is 75.5. The molecule has 2 fully saturated rings. The van der Waals surface area contributed by atoms with E-state index in [2.05, 4.69) is 0 Å². The Balaban J connectivity index is 1.83. The van der Waals surface area contributed by atoms with Crippen molar-refractivity contribution in [3.05, 3.63) is 0 Å². The first-order valence-corrected chi connectivity index (χ1v) is 12.5. The molecule has 0 saturated carbocycles. The number of rotatable bonds is 11. The summed E-state index contributed by atoms with van der Waals surface area (Å²) in [6, 6.07) is 0. The maximum atomic E-state index is 12.5. The van der Waals surface area contributed by atoms with Gasteiger partial charge in [-0.2, -0.15) is 23.5 Å². The van der Waals surface area contributed by atoms with E-state index >= 15 is 0 Å². The van der Waals surface area contributed by atoms with Crippen LogP contribution in [-0.4, -0.2) is 81.1 Å². The molecule has 0 aromatic carbocycles. The second kappa shape index (κ2) is 10.6. The van der Waals surface area contributed by atoms with Crippen molar-refractivity contribution < 1.29 is 28.8 Å². The minimum atomic E-state index is -0.578. The molecule has 166 valence electrons. The lowest BCUT2D eigenvalue weighted by molar-refractivity contribution is -0.141. The van der Waals surface area contributed by atoms with Crippen LogP contribution in [0.25, 0.3) is 0 Å². The lowest BCUT2D eigenvalue weighted by Crippen LogP contribution is -2.36. The maximum Gasteiger partial charge on any atom is 0.242 e. The topological polar surface area (TPSA) is 109 Å². The Labute approximate surface area is 184 Å². The van der Waals surface area contributed by atoms with Crippen LogP contribution >= 0.6 is 23.5 Å². The molecule has 2 aliphatic heterocycles. The van der Waals surface area contributed by atoms with Crippen LogP contribution in [0.4, 0.5) is 0 Å². The Morgan fingerprint density at radius 1 is 0.800 bits per heavy atom. The van der Waals surface area contributed by atoms with Crippen molar-refractivity contribution in [2.45, 2.75) is 50.0 Å². The van der Waals surface area contributed by atoms with Crippen molar-refractivity contribution in [2.75, 3.05) is 25.6 Å². The molecule has 0 spiro atoms. The van der Waals surface area contributed by atoms with E-state index in [-0.39, 0.29) is 84.5 Å². The molecule has 10 heteroatoms. The predicted molar refractivity (Wildman–Crippen MR) is 115 cm³/mol. The SMILES string of the molecule is CSC1CC(=O)N(CCC(=O)C(C)[C@@H](C)C(=O)CCN2C(=O)CC(SC)C2=O)C1=O. The average molecular weight is 457 g/mol. The van der Waals surface area contributed by atoms with Crippen LogP contribution in [0.3, 0.4) is 0 Å². The van der Waals surface area contributed by atoms with Gasteiger partial charge in [-0.05, 0) is 12.5 Å². The van der Waals surface area contributed by atoms with E-state index in [0.29, 0.717) is 0 Å². The van der Waals surface area contributed by atoms with Crippen molar-refractivity contribution in [2.24, 2.45) is 11.8 Å². The molecule has 2 heterocycles. The fourth-order valence-corrected chi connectivity index (χ4v) is 4.88. The molecule has 2 aliphatic rings. The highest BCUT2D eigenvalue weighted by Gasteiger charge is 2.39.